The zero-order valence-electron chi connectivity index (χ0n) is 6.63. The average molecular weight is 162 g/mol. The number of aliphatic hydroxyl groups excluding tert-OH is 1. The number of hydrogen-bond acceptors (Lipinski definition) is 3. The molecule has 0 heterocycles. The molecule has 1 unspecified atom stereocenters. The standard InChI is InChI=1S/C7H14O2S/c1-5(2)4-9-7(10)6(3)8/h5-6,8H,4H2,1-3H3. The molecule has 0 aromatic carbocycles. The molecule has 1 atom stereocenters. The lowest BCUT2D eigenvalue weighted by Crippen LogP contribution is -2.19. The van der Waals surface area contributed by atoms with E-state index in [-0.39, 0.29) is 5.05 Å². The zero-order chi connectivity index (χ0) is 8.15. The Morgan fingerprint density at radius 2 is 2.00 bits per heavy atom. The first-order valence-corrected chi connectivity index (χ1v) is 3.79. The number of thiocarbonyl (C=S) groups is 1. The molecule has 0 aliphatic rings. The van der Waals surface area contributed by atoms with E-state index in [1.54, 1.807) is 6.92 Å². The Morgan fingerprint density at radius 3 is 2.30 bits per heavy atom. The Balaban J connectivity index is 3.40. The quantitative estimate of drug-likeness (QED) is 0.635. The van der Waals surface area contributed by atoms with Crippen LogP contribution in [0.3, 0.4) is 0 Å². The van der Waals surface area contributed by atoms with Gasteiger partial charge in [-0.2, -0.15) is 0 Å². The molecular formula is C7H14O2S. The molecule has 0 amide bonds. The van der Waals surface area contributed by atoms with Gasteiger partial charge in [-0.25, -0.2) is 0 Å². The lowest BCUT2D eigenvalue weighted by molar-refractivity contribution is 0.191. The maximum atomic E-state index is 8.87. The van der Waals surface area contributed by atoms with Crippen molar-refractivity contribution >= 4 is 17.3 Å². The Labute approximate surface area is 67.2 Å². The van der Waals surface area contributed by atoms with Crippen molar-refractivity contribution in [1.29, 1.82) is 0 Å². The van der Waals surface area contributed by atoms with Crippen LogP contribution >= 0.6 is 12.2 Å². The molecule has 0 aromatic heterocycles. The fourth-order valence-corrected chi connectivity index (χ4v) is 0.437. The van der Waals surface area contributed by atoms with Crippen molar-refractivity contribution in [2.75, 3.05) is 6.61 Å². The lowest BCUT2D eigenvalue weighted by Gasteiger charge is -2.10. The summed E-state index contributed by atoms with van der Waals surface area (Å²) in [6, 6.07) is 0. The smallest absolute Gasteiger partial charge is 0.188 e. The van der Waals surface area contributed by atoms with E-state index in [1.807, 2.05) is 13.8 Å². The van der Waals surface area contributed by atoms with Gasteiger partial charge in [-0.3, -0.25) is 0 Å². The third-order valence-corrected chi connectivity index (χ3v) is 1.36. The van der Waals surface area contributed by atoms with Crippen LogP contribution in [0.25, 0.3) is 0 Å². The molecule has 0 radical (unpaired) electrons. The molecule has 1 N–H and O–H groups in total. The topological polar surface area (TPSA) is 29.5 Å². The van der Waals surface area contributed by atoms with Crippen LogP contribution in [0.1, 0.15) is 20.8 Å². The van der Waals surface area contributed by atoms with E-state index in [1.165, 1.54) is 0 Å². The van der Waals surface area contributed by atoms with Crippen molar-refractivity contribution in [3.63, 3.8) is 0 Å². The number of rotatable bonds is 3. The summed E-state index contributed by atoms with van der Waals surface area (Å²) < 4.78 is 5.05. The van der Waals surface area contributed by atoms with E-state index in [2.05, 4.69) is 0 Å². The van der Waals surface area contributed by atoms with Gasteiger partial charge < -0.3 is 9.84 Å². The van der Waals surface area contributed by atoms with E-state index >= 15 is 0 Å². The summed E-state index contributed by atoms with van der Waals surface area (Å²) in [6.07, 6.45) is -0.631. The van der Waals surface area contributed by atoms with E-state index in [4.69, 9.17) is 22.1 Å². The summed E-state index contributed by atoms with van der Waals surface area (Å²) in [5.41, 5.74) is 0. The summed E-state index contributed by atoms with van der Waals surface area (Å²) in [4.78, 5) is 0. The summed E-state index contributed by atoms with van der Waals surface area (Å²) in [7, 11) is 0. The second-order valence-corrected chi connectivity index (χ2v) is 3.10. The zero-order valence-corrected chi connectivity index (χ0v) is 7.44. The van der Waals surface area contributed by atoms with Crippen LogP contribution in [0.2, 0.25) is 0 Å². The molecule has 0 aliphatic heterocycles. The van der Waals surface area contributed by atoms with Crippen LogP contribution in [0.4, 0.5) is 0 Å². The third kappa shape index (κ3) is 4.70. The van der Waals surface area contributed by atoms with Gasteiger partial charge in [0.1, 0.15) is 6.10 Å². The van der Waals surface area contributed by atoms with Crippen LogP contribution in [-0.2, 0) is 4.74 Å². The molecule has 10 heavy (non-hydrogen) atoms. The summed E-state index contributed by atoms with van der Waals surface area (Å²) in [5.74, 6) is 0.455. The van der Waals surface area contributed by atoms with Crippen LogP contribution < -0.4 is 0 Å². The Morgan fingerprint density at radius 1 is 1.50 bits per heavy atom. The fraction of sp³-hybridized carbons (Fsp3) is 0.857. The molecule has 0 saturated heterocycles. The minimum absolute atomic E-state index is 0.286. The highest BCUT2D eigenvalue weighted by atomic mass is 32.1. The minimum atomic E-state index is -0.631. The van der Waals surface area contributed by atoms with Crippen molar-refractivity contribution in [3.8, 4) is 0 Å². The number of ether oxygens (including phenoxy) is 1. The SMILES string of the molecule is CC(C)COC(=S)C(C)O. The maximum Gasteiger partial charge on any atom is 0.188 e. The molecule has 0 saturated carbocycles. The molecule has 0 spiro atoms. The summed E-state index contributed by atoms with van der Waals surface area (Å²) in [5, 5.41) is 9.15. The van der Waals surface area contributed by atoms with E-state index in [0.717, 1.165) is 0 Å². The molecule has 2 nitrogen and oxygen atoms in total. The highest BCUT2D eigenvalue weighted by molar-refractivity contribution is 7.80. The first kappa shape index (κ1) is 9.85. The maximum absolute atomic E-state index is 8.87. The Kier molecular flexibility index (Phi) is 4.56. The average Bonchev–Trinajstić information content (AvgIpc) is 1.82. The van der Waals surface area contributed by atoms with Gasteiger partial charge in [-0.1, -0.05) is 13.8 Å². The van der Waals surface area contributed by atoms with E-state index in [0.29, 0.717) is 12.5 Å². The highest BCUT2D eigenvalue weighted by Gasteiger charge is 2.05. The fourth-order valence-electron chi connectivity index (χ4n) is 0.369. The normalized spacial score (nSPS) is 13.3. The first-order valence-electron chi connectivity index (χ1n) is 3.38. The Hall–Kier alpha value is -0.150. The molecule has 0 aromatic rings. The van der Waals surface area contributed by atoms with Gasteiger partial charge in [0.15, 0.2) is 5.05 Å². The van der Waals surface area contributed by atoms with Crippen LogP contribution in [0.5, 0.6) is 0 Å². The first-order chi connectivity index (χ1) is 4.54. The Bertz CT molecular complexity index is 110. The molecular weight excluding hydrogens is 148 g/mol. The van der Waals surface area contributed by atoms with Crippen molar-refractivity contribution in [1.82, 2.24) is 0 Å². The van der Waals surface area contributed by atoms with Crippen molar-refractivity contribution in [2.45, 2.75) is 26.9 Å². The van der Waals surface area contributed by atoms with Gasteiger partial charge in [0, 0.05) is 0 Å². The van der Waals surface area contributed by atoms with Crippen LogP contribution in [0, 0.1) is 5.92 Å². The molecule has 0 bridgehead atoms. The van der Waals surface area contributed by atoms with Crippen molar-refractivity contribution in [2.24, 2.45) is 5.92 Å². The second-order valence-electron chi connectivity index (χ2n) is 2.70. The van der Waals surface area contributed by atoms with E-state index < -0.39 is 6.10 Å². The van der Waals surface area contributed by atoms with Crippen LogP contribution in [0.15, 0.2) is 0 Å². The largest absolute Gasteiger partial charge is 0.484 e. The second kappa shape index (κ2) is 4.63. The number of hydrogen-bond donors (Lipinski definition) is 1. The van der Waals surface area contributed by atoms with Gasteiger partial charge in [-0.05, 0) is 25.1 Å². The molecule has 3 heteroatoms. The summed E-state index contributed by atoms with van der Waals surface area (Å²) in [6.45, 7) is 6.25. The van der Waals surface area contributed by atoms with Gasteiger partial charge in [-0.15, -0.1) is 0 Å². The van der Waals surface area contributed by atoms with Gasteiger partial charge in [0.05, 0.1) is 6.61 Å². The molecule has 0 aliphatic carbocycles. The number of aliphatic hydroxyl groups is 1. The lowest BCUT2D eigenvalue weighted by atomic mass is 10.2. The van der Waals surface area contributed by atoms with E-state index in [9.17, 15) is 0 Å². The highest BCUT2D eigenvalue weighted by Crippen LogP contribution is 1.96. The predicted octanol–water partition coefficient (Wildman–Crippen LogP) is 1.37. The monoisotopic (exact) mass is 162 g/mol. The van der Waals surface area contributed by atoms with Crippen molar-refractivity contribution < 1.29 is 9.84 Å². The van der Waals surface area contributed by atoms with Crippen LogP contribution in [-0.4, -0.2) is 22.9 Å². The molecule has 0 rings (SSSR count). The molecule has 0 fully saturated rings. The predicted molar refractivity (Wildman–Crippen MR) is 45.1 cm³/mol. The van der Waals surface area contributed by atoms with Crippen molar-refractivity contribution in [3.05, 3.63) is 0 Å². The third-order valence-electron chi connectivity index (χ3n) is 0.900. The molecule has 60 valence electrons. The van der Waals surface area contributed by atoms with Gasteiger partial charge >= 0.3 is 0 Å². The van der Waals surface area contributed by atoms with Gasteiger partial charge in [0.25, 0.3) is 0 Å². The summed E-state index contributed by atoms with van der Waals surface area (Å²) >= 11 is 4.72. The minimum Gasteiger partial charge on any atom is -0.484 e. The van der Waals surface area contributed by atoms with Gasteiger partial charge in [0.2, 0.25) is 0 Å².